The van der Waals surface area contributed by atoms with E-state index in [1.807, 2.05) is 0 Å². The predicted octanol–water partition coefficient (Wildman–Crippen LogP) is 0.930. The van der Waals surface area contributed by atoms with Gasteiger partial charge in [0.1, 0.15) is 0 Å². The highest BCUT2D eigenvalue weighted by Crippen LogP contribution is 2.21. The van der Waals surface area contributed by atoms with E-state index in [1.54, 1.807) is 0 Å². The summed E-state index contributed by atoms with van der Waals surface area (Å²) in [6, 6.07) is 1.27. The largest absolute Gasteiger partial charge is 0.315 e. The fourth-order valence-corrected chi connectivity index (χ4v) is 2.93. The third-order valence-corrected chi connectivity index (χ3v) is 4.16. The molecule has 0 aliphatic carbocycles. The molecule has 0 radical (unpaired) electrons. The number of hydrogen-bond donors (Lipinski definition) is 1. The molecule has 2 unspecified atom stereocenters. The van der Waals surface area contributed by atoms with Crippen LogP contribution in [0.1, 0.15) is 19.8 Å². The summed E-state index contributed by atoms with van der Waals surface area (Å²) in [6.07, 6.45) is 2.23. The molecule has 3 aliphatic rings. The van der Waals surface area contributed by atoms with E-state index in [9.17, 15) is 0 Å². The van der Waals surface area contributed by atoms with E-state index in [-0.39, 0.29) is 0 Å². The minimum absolute atomic E-state index is 0.579. The Morgan fingerprint density at radius 2 is 2.06 bits per heavy atom. The minimum atomic E-state index is 0.579. The lowest BCUT2D eigenvalue weighted by Crippen LogP contribution is -2.66. The third kappa shape index (κ3) is 2.47. The maximum absolute atomic E-state index is 4.15. The number of fused-ring (bicyclic) bond motifs is 3. The van der Waals surface area contributed by atoms with Gasteiger partial charge in [0.25, 0.3) is 0 Å². The van der Waals surface area contributed by atoms with Crippen LogP contribution in [0, 0.1) is 0 Å². The monoisotopic (exact) mass is 223 g/mol. The first kappa shape index (κ1) is 12.1. The molecule has 1 N–H and O–H groups in total. The lowest BCUT2D eigenvalue weighted by Gasteiger charge is -2.50. The van der Waals surface area contributed by atoms with Gasteiger partial charge in [-0.05, 0) is 19.9 Å². The van der Waals surface area contributed by atoms with Crippen LogP contribution in [-0.4, -0.2) is 61.7 Å². The molecular formula is C13H25N3. The Bertz CT molecular complexity index is 244. The molecule has 92 valence electrons. The Morgan fingerprint density at radius 1 is 1.38 bits per heavy atom. The smallest absolute Gasteiger partial charge is 0.0380 e. The zero-order chi connectivity index (χ0) is 11.5. The first-order chi connectivity index (χ1) is 7.74. The van der Waals surface area contributed by atoms with Gasteiger partial charge in [0, 0.05) is 44.8 Å². The van der Waals surface area contributed by atoms with Crippen LogP contribution in [0.15, 0.2) is 12.2 Å². The van der Waals surface area contributed by atoms with E-state index < -0.39 is 0 Å². The van der Waals surface area contributed by atoms with Crippen molar-refractivity contribution < 1.29 is 0 Å². The summed E-state index contributed by atoms with van der Waals surface area (Å²) in [7, 11) is 2.09. The van der Waals surface area contributed by atoms with Crippen LogP contribution in [0.5, 0.6) is 0 Å². The van der Waals surface area contributed by atoms with Gasteiger partial charge in [-0.2, -0.15) is 0 Å². The number of nitrogens with one attached hydrogen (secondary N) is 1. The van der Waals surface area contributed by atoms with Crippen molar-refractivity contribution in [2.45, 2.75) is 31.8 Å². The molecule has 3 fully saturated rings. The van der Waals surface area contributed by atoms with Crippen molar-refractivity contribution in [2.75, 3.05) is 39.8 Å². The number of piperazine rings is 3. The quantitative estimate of drug-likeness (QED) is 0.700. The molecule has 0 spiro atoms. The summed E-state index contributed by atoms with van der Waals surface area (Å²) in [5, 5.41) is 3.49. The molecule has 3 rings (SSSR count). The van der Waals surface area contributed by atoms with Crippen LogP contribution in [-0.2, 0) is 0 Å². The second-order valence-electron chi connectivity index (χ2n) is 5.11. The molecule has 0 aromatic rings. The standard InChI is InChI=1S/C13H25N3/c1-4-11(2)9-12(14-3)13-10-15-5-7-16(13)8-6-15/h12-14H,2,4-10H2,1,3H3. The van der Waals surface area contributed by atoms with E-state index in [4.69, 9.17) is 0 Å². The van der Waals surface area contributed by atoms with Gasteiger partial charge < -0.3 is 5.32 Å². The van der Waals surface area contributed by atoms with E-state index in [0.29, 0.717) is 12.1 Å². The summed E-state index contributed by atoms with van der Waals surface area (Å²) in [6.45, 7) is 12.6. The van der Waals surface area contributed by atoms with Crippen molar-refractivity contribution in [2.24, 2.45) is 0 Å². The second-order valence-corrected chi connectivity index (χ2v) is 5.11. The van der Waals surface area contributed by atoms with E-state index in [0.717, 1.165) is 12.8 Å². The van der Waals surface area contributed by atoms with Gasteiger partial charge in [0.2, 0.25) is 0 Å². The van der Waals surface area contributed by atoms with Crippen LogP contribution >= 0.6 is 0 Å². The topological polar surface area (TPSA) is 18.5 Å². The Labute approximate surface area is 99.5 Å². The van der Waals surface area contributed by atoms with Crippen LogP contribution in [0.3, 0.4) is 0 Å². The van der Waals surface area contributed by atoms with Gasteiger partial charge in [-0.15, -0.1) is 0 Å². The molecule has 2 atom stereocenters. The van der Waals surface area contributed by atoms with Crippen molar-refractivity contribution in [1.29, 1.82) is 0 Å². The highest BCUT2D eigenvalue weighted by Gasteiger charge is 2.35. The van der Waals surface area contributed by atoms with Crippen LogP contribution in [0.25, 0.3) is 0 Å². The average molecular weight is 223 g/mol. The molecule has 3 aliphatic heterocycles. The molecule has 3 heteroatoms. The van der Waals surface area contributed by atoms with E-state index >= 15 is 0 Å². The van der Waals surface area contributed by atoms with Crippen molar-refractivity contribution in [1.82, 2.24) is 15.1 Å². The van der Waals surface area contributed by atoms with Gasteiger partial charge in [-0.1, -0.05) is 19.1 Å². The van der Waals surface area contributed by atoms with Crippen molar-refractivity contribution >= 4 is 0 Å². The average Bonchev–Trinajstić information content (AvgIpc) is 2.36. The van der Waals surface area contributed by atoms with Gasteiger partial charge in [0.05, 0.1) is 0 Å². The summed E-state index contributed by atoms with van der Waals surface area (Å²) >= 11 is 0. The Hall–Kier alpha value is -0.380. The predicted molar refractivity (Wildman–Crippen MR) is 68.7 cm³/mol. The molecule has 3 nitrogen and oxygen atoms in total. The number of hydrogen-bond acceptors (Lipinski definition) is 3. The summed E-state index contributed by atoms with van der Waals surface area (Å²) in [4.78, 5) is 5.26. The summed E-state index contributed by atoms with van der Waals surface area (Å²) in [5.41, 5.74) is 1.37. The number of nitrogens with zero attached hydrogens (tertiary/aromatic N) is 2. The van der Waals surface area contributed by atoms with Gasteiger partial charge in [-0.25, -0.2) is 0 Å². The maximum atomic E-state index is 4.15. The van der Waals surface area contributed by atoms with Gasteiger partial charge >= 0.3 is 0 Å². The Morgan fingerprint density at radius 3 is 2.50 bits per heavy atom. The molecule has 0 aromatic heterocycles. The van der Waals surface area contributed by atoms with Crippen LogP contribution in [0.4, 0.5) is 0 Å². The molecule has 0 amide bonds. The fourth-order valence-electron chi connectivity index (χ4n) is 2.93. The van der Waals surface area contributed by atoms with Gasteiger partial charge in [0.15, 0.2) is 0 Å². The highest BCUT2D eigenvalue weighted by molar-refractivity contribution is 5.03. The Kier molecular flexibility index (Phi) is 4.00. The van der Waals surface area contributed by atoms with Crippen molar-refractivity contribution in [3.05, 3.63) is 12.2 Å². The van der Waals surface area contributed by atoms with Crippen LogP contribution in [0.2, 0.25) is 0 Å². The maximum Gasteiger partial charge on any atom is 0.0380 e. The summed E-state index contributed by atoms with van der Waals surface area (Å²) < 4.78 is 0. The Balaban J connectivity index is 1.96. The SMILES string of the molecule is C=C(CC)CC(NC)C1CN2CCN1CC2. The number of likely N-dealkylation sites (N-methyl/N-ethyl adjacent to an activating group) is 1. The van der Waals surface area contributed by atoms with Crippen molar-refractivity contribution in [3.8, 4) is 0 Å². The van der Waals surface area contributed by atoms with E-state index in [2.05, 4.69) is 35.7 Å². The molecule has 0 aromatic carbocycles. The lowest BCUT2D eigenvalue weighted by atomic mass is 9.94. The zero-order valence-corrected chi connectivity index (χ0v) is 10.7. The normalized spacial score (nSPS) is 35.0. The molecule has 16 heavy (non-hydrogen) atoms. The van der Waals surface area contributed by atoms with Crippen LogP contribution < -0.4 is 5.32 Å². The van der Waals surface area contributed by atoms with E-state index in [1.165, 1.54) is 38.3 Å². The molecular weight excluding hydrogens is 198 g/mol. The molecule has 3 heterocycles. The zero-order valence-electron chi connectivity index (χ0n) is 10.7. The third-order valence-electron chi connectivity index (χ3n) is 4.16. The first-order valence-corrected chi connectivity index (χ1v) is 6.55. The molecule has 3 saturated heterocycles. The second kappa shape index (κ2) is 5.30. The van der Waals surface area contributed by atoms with Gasteiger partial charge in [-0.3, -0.25) is 9.80 Å². The molecule has 2 bridgehead atoms. The minimum Gasteiger partial charge on any atom is -0.315 e. The van der Waals surface area contributed by atoms with Crippen molar-refractivity contribution in [3.63, 3.8) is 0 Å². The highest BCUT2D eigenvalue weighted by atomic mass is 15.4. The first-order valence-electron chi connectivity index (χ1n) is 6.55. The summed E-state index contributed by atoms with van der Waals surface area (Å²) in [5.74, 6) is 0. The fraction of sp³-hybridized carbons (Fsp3) is 0.846. The molecule has 0 saturated carbocycles. The lowest BCUT2D eigenvalue weighted by molar-refractivity contribution is -0.00207. The number of rotatable bonds is 5.